The van der Waals surface area contributed by atoms with E-state index < -0.39 is 20.0 Å². The fraction of sp³-hybridized carbons (Fsp3) is 0. The van der Waals surface area contributed by atoms with Crippen LogP contribution in [-0.4, -0.2) is 52.4 Å². The molecule has 0 atom stereocenters. The third-order valence-electron chi connectivity index (χ3n) is 6.98. The van der Waals surface area contributed by atoms with Crippen molar-refractivity contribution in [2.24, 2.45) is 4.30 Å². The van der Waals surface area contributed by atoms with Crippen LogP contribution in [0.2, 0.25) is 0 Å². The Morgan fingerprint density at radius 3 is 1.70 bits per heavy atom. The standard InChI is InChI=1S/C16H10BrN3O2S2.C16H11N3O2S2.BHNS/c17-13-10-20(24(21,22)11-4-2-1-3-5-11)15-12(13)6-7-14(19-15)16-18-8-9-23-16;20-23(21,13-4-2-1-3-5-13)19-10-8-12-6-7-14(18-15(12)19)16-17-9-11-22-16;1-2-3/h1-10H;1-11H;3H. The Morgan fingerprint density at radius 1 is 0.680 bits per heavy atom. The van der Waals surface area contributed by atoms with Gasteiger partial charge in [0.25, 0.3) is 20.0 Å². The van der Waals surface area contributed by atoms with Gasteiger partial charge in [-0.05, 0) is 70.5 Å². The van der Waals surface area contributed by atoms with Gasteiger partial charge < -0.3 is 0 Å². The number of nitrogens with zero attached hydrogens (tertiary/aromatic N) is 7. The molecular formula is C32H22BBrN7O4S5. The van der Waals surface area contributed by atoms with E-state index in [2.05, 4.69) is 60.6 Å². The number of thiol groups is 1. The van der Waals surface area contributed by atoms with E-state index in [0.29, 0.717) is 27.2 Å². The first-order chi connectivity index (χ1) is 24.1. The van der Waals surface area contributed by atoms with Gasteiger partial charge in [0.05, 0.1) is 9.79 Å². The summed E-state index contributed by atoms with van der Waals surface area (Å²) in [6.45, 7) is 0. The number of fused-ring (bicyclic) bond motifs is 2. The van der Waals surface area contributed by atoms with Gasteiger partial charge in [-0.15, -0.1) is 22.7 Å². The molecule has 0 aliphatic heterocycles. The van der Waals surface area contributed by atoms with Gasteiger partial charge in [-0.3, -0.25) is 0 Å². The summed E-state index contributed by atoms with van der Waals surface area (Å²) in [5.74, 6) is 0. The summed E-state index contributed by atoms with van der Waals surface area (Å²) in [4.78, 5) is 17.9. The summed E-state index contributed by atoms with van der Waals surface area (Å²) in [6.07, 6.45) is 6.46. The van der Waals surface area contributed by atoms with Crippen molar-refractivity contribution in [2.75, 3.05) is 0 Å². The summed E-state index contributed by atoms with van der Waals surface area (Å²) in [6, 6.07) is 25.8. The van der Waals surface area contributed by atoms with E-state index in [1.54, 1.807) is 79.1 Å². The molecule has 0 unspecified atom stereocenters. The topological polar surface area (TPSA) is 142 Å². The zero-order valence-electron chi connectivity index (χ0n) is 25.4. The van der Waals surface area contributed by atoms with E-state index in [1.807, 2.05) is 35.0 Å². The summed E-state index contributed by atoms with van der Waals surface area (Å²) >= 11 is 9.53. The predicted octanol–water partition coefficient (Wildman–Crippen LogP) is 7.74. The summed E-state index contributed by atoms with van der Waals surface area (Å²) in [5.41, 5.74) is 2.09. The first-order valence-electron chi connectivity index (χ1n) is 14.3. The number of hydrogen-bond acceptors (Lipinski definition) is 12. The van der Waals surface area contributed by atoms with Crippen LogP contribution >= 0.6 is 51.4 Å². The number of rotatable bonds is 6. The van der Waals surface area contributed by atoms with Crippen LogP contribution in [0, 0.1) is 0 Å². The molecule has 11 nitrogen and oxygen atoms in total. The average molecular weight is 820 g/mol. The van der Waals surface area contributed by atoms with Gasteiger partial charge in [-0.25, -0.2) is 44.7 Å². The van der Waals surface area contributed by atoms with Gasteiger partial charge in [-0.1, -0.05) is 36.4 Å². The molecule has 0 saturated heterocycles. The third-order valence-corrected chi connectivity index (χ3v) is 12.5. The Hall–Kier alpha value is -4.33. The van der Waals surface area contributed by atoms with Crippen LogP contribution in [0.5, 0.6) is 0 Å². The van der Waals surface area contributed by atoms with Crippen molar-refractivity contribution in [3.05, 3.63) is 131 Å². The molecule has 1 radical (unpaired) electrons. The third kappa shape index (κ3) is 7.26. The maximum absolute atomic E-state index is 12.9. The Balaban J connectivity index is 0.000000161. The van der Waals surface area contributed by atoms with Crippen molar-refractivity contribution in [2.45, 2.75) is 9.79 Å². The molecule has 0 N–H and O–H groups in total. The predicted molar refractivity (Wildman–Crippen MR) is 205 cm³/mol. The van der Waals surface area contributed by atoms with Gasteiger partial charge in [0, 0.05) is 50.8 Å². The second-order valence-corrected chi connectivity index (χ2v) is 16.5. The Bertz CT molecular complexity index is 2620. The zero-order valence-corrected chi connectivity index (χ0v) is 31.2. The molecule has 50 heavy (non-hydrogen) atoms. The van der Waals surface area contributed by atoms with Gasteiger partial charge in [0.15, 0.2) is 11.3 Å². The fourth-order valence-corrected chi connectivity index (χ4v) is 9.27. The first kappa shape index (κ1) is 35.5. The molecule has 0 amide bonds. The van der Waals surface area contributed by atoms with Crippen LogP contribution in [0.15, 0.2) is 145 Å². The van der Waals surface area contributed by atoms with E-state index in [9.17, 15) is 16.8 Å². The van der Waals surface area contributed by atoms with Crippen LogP contribution < -0.4 is 0 Å². The molecule has 0 fully saturated rings. The van der Waals surface area contributed by atoms with Crippen molar-refractivity contribution < 1.29 is 16.8 Å². The molecule has 8 rings (SSSR count). The number of thiazole rings is 2. The van der Waals surface area contributed by atoms with Crippen LogP contribution in [-0.2, 0) is 20.0 Å². The van der Waals surface area contributed by atoms with Crippen molar-refractivity contribution in [3.63, 3.8) is 0 Å². The number of pyridine rings is 2. The minimum atomic E-state index is -3.72. The Morgan fingerprint density at radius 2 is 1.18 bits per heavy atom. The van der Waals surface area contributed by atoms with Crippen LogP contribution in [0.25, 0.3) is 43.5 Å². The monoisotopic (exact) mass is 818 g/mol. The molecule has 249 valence electrons. The molecule has 2 aromatic carbocycles. The van der Waals surface area contributed by atoms with Crippen molar-refractivity contribution >= 4 is 101 Å². The van der Waals surface area contributed by atoms with Crippen LogP contribution in [0.1, 0.15) is 0 Å². The molecular weight excluding hydrogens is 797 g/mol. The molecule has 0 bridgehead atoms. The summed E-state index contributed by atoms with van der Waals surface area (Å²) in [7, 11) is -3.06. The van der Waals surface area contributed by atoms with E-state index >= 15 is 0 Å². The molecule has 18 heteroatoms. The zero-order chi connectivity index (χ0) is 35.3. The number of hydrogen-bond donors (Lipinski definition) is 1. The van der Waals surface area contributed by atoms with Gasteiger partial charge >= 0.3 is 24.8 Å². The van der Waals surface area contributed by atoms with Crippen molar-refractivity contribution in [3.8, 4) is 21.4 Å². The Kier molecular flexibility index (Phi) is 10.8. The normalized spacial score (nSPS) is 11.4. The molecule has 0 aliphatic carbocycles. The number of aromatic nitrogens is 6. The molecule has 6 aromatic heterocycles. The SMILES string of the molecule is O=S(=O)(c1ccccc1)n1cc(Br)c2ccc(-c3nccs3)nc21.O=S(=O)(c1ccccc1)n1ccc2ccc(-c3nccs3)nc21.[B]=NS. The second kappa shape index (κ2) is 15.3. The summed E-state index contributed by atoms with van der Waals surface area (Å²) in [5, 5.41) is 6.73. The molecule has 0 spiro atoms. The van der Waals surface area contributed by atoms with E-state index in [-0.39, 0.29) is 9.79 Å². The number of benzene rings is 2. The van der Waals surface area contributed by atoms with Crippen molar-refractivity contribution in [1.82, 2.24) is 27.9 Å². The van der Waals surface area contributed by atoms with E-state index in [1.165, 1.54) is 43.0 Å². The second-order valence-electron chi connectivity index (χ2n) is 9.99. The van der Waals surface area contributed by atoms with E-state index in [4.69, 9.17) is 0 Å². The van der Waals surface area contributed by atoms with Crippen LogP contribution in [0.4, 0.5) is 0 Å². The molecule has 0 aliphatic rings. The van der Waals surface area contributed by atoms with E-state index in [0.717, 1.165) is 20.8 Å². The fourth-order valence-electron chi connectivity index (χ4n) is 4.75. The van der Waals surface area contributed by atoms with Crippen LogP contribution in [0.3, 0.4) is 0 Å². The number of halogens is 1. The quantitative estimate of drug-likeness (QED) is 0.133. The van der Waals surface area contributed by atoms with Crippen molar-refractivity contribution in [1.29, 1.82) is 0 Å². The minimum absolute atomic E-state index is 0.218. The molecule has 8 aromatic rings. The first-order valence-corrected chi connectivity index (χ1v) is 20.1. The van der Waals surface area contributed by atoms with Gasteiger partial charge in [0.2, 0.25) is 0 Å². The van der Waals surface area contributed by atoms with Gasteiger partial charge in [0.1, 0.15) is 21.4 Å². The molecule has 6 heterocycles. The summed E-state index contributed by atoms with van der Waals surface area (Å²) < 4.78 is 57.3. The average Bonchev–Trinajstić information content (AvgIpc) is 3.97. The Labute approximate surface area is 310 Å². The maximum atomic E-state index is 12.9. The molecule has 0 saturated carbocycles. The van der Waals surface area contributed by atoms with Gasteiger partial charge in [-0.2, -0.15) is 0 Å².